The van der Waals surface area contributed by atoms with Crippen LogP contribution < -0.4 is 5.76 Å². The molecular formula is C16H18ClN5O2. The van der Waals surface area contributed by atoms with Crippen molar-refractivity contribution in [3.05, 3.63) is 45.5 Å². The van der Waals surface area contributed by atoms with Crippen LogP contribution in [0.2, 0.25) is 5.02 Å². The standard InChI is InChI=1S/C16H18ClN5O2/c1-21-13-5-4-11(17)7-12(13)18-14(21)9-22-6-2-3-10(8-22)15-19-20-16(23)24-15/h4-5,7,10H,2-3,6,8-9H2,1H3,(H,20,23). The van der Waals surface area contributed by atoms with E-state index in [0.29, 0.717) is 10.9 Å². The number of aromatic amines is 1. The first-order chi connectivity index (χ1) is 11.6. The van der Waals surface area contributed by atoms with Crippen LogP contribution in [0, 0.1) is 0 Å². The second-order valence-corrected chi connectivity index (χ2v) is 6.68. The number of hydrogen-bond acceptors (Lipinski definition) is 5. The quantitative estimate of drug-likeness (QED) is 0.786. The average molecular weight is 348 g/mol. The first-order valence-electron chi connectivity index (χ1n) is 7.99. The van der Waals surface area contributed by atoms with Crippen LogP contribution in [-0.4, -0.2) is 37.7 Å². The van der Waals surface area contributed by atoms with E-state index in [1.807, 2.05) is 25.2 Å². The van der Waals surface area contributed by atoms with Crippen molar-refractivity contribution in [2.24, 2.45) is 7.05 Å². The molecule has 3 aromatic rings. The maximum absolute atomic E-state index is 11.2. The Morgan fingerprint density at radius 2 is 2.33 bits per heavy atom. The molecule has 4 rings (SSSR count). The number of fused-ring (bicyclic) bond motifs is 1. The van der Waals surface area contributed by atoms with E-state index in [-0.39, 0.29) is 5.92 Å². The Morgan fingerprint density at radius 3 is 3.12 bits per heavy atom. The Morgan fingerprint density at radius 1 is 1.46 bits per heavy atom. The number of nitrogens with zero attached hydrogens (tertiary/aromatic N) is 4. The van der Waals surface area contributed by atoms with Crippen molar-refractivity contribution in [2.45, 2.75) is 25.3 Å². The molecule has 0 amide bonds. The van der Waals surface area contributed by atoms with Crippen molar-refractivity contribution in [1.29, 1.82) is 0 Å². The van der Waals surface area contributed by atoms with Gasteiger partial charge in [0, 0.05) is 18.6 Å². The fraction of sp³-hybridized carbons (Fsp3) is 0.438. The van der Waals surface area contributed by atoms with Crippen molar-refractivity contribution >= 4 is 22.6 Å². The highest BCUT2D eigenvalue weighted by molar-refractivity contribution is 6.31. The van der Waals surface area contributed by atoms with Gasteiger partial charge < -0.3 is 8.98 Å². The third kappa shape index (κ3) is 2.85. The zero-order valence-electron chi connectivity index (χ0n) is 13.3. The van der Waals surface area contributed by atoms with Gasteiger partial charge in [0.2, 0.25) is 5.89 Å². The predicted octanol–water partition coefficient (Wildman–Crippen LogP) is 2.28. The lowest BCUT2D eigenvalue weighted by Gasteiger charge is -2.30. The molecule has 1 atom stereocenters. The van der Waals surface area contributed by atoms with Crippen molar-refractivity contribution in [2.75, 3.05) is 13.1 Å². The molecule has 0 saturated carbocycles. The summed E-state index contributed by atoms with van der Waals surface area (Å²) in [5, 5.41) is 7.01. The maximum Gasteiger partial charge on any atom is 0.434 e. The Kier molecular flexibility index (Phi) is 3.90. The molecule has 1 N–H and O–H groups in total. The van der Waals surface area contributed by atoms with Gasteiger partial charge in [-0.25, -0.2) is 14.9 Å². The molecule has 1 aromatic carbocycles. The predicted molar refractivity (Wildman–Crippen MR) is 90.1 cm³/mol. The normalized spacial score (nSPS) is 19.2. The zero-order chi connectivity index (χ0) is 16.7. The van der Waals surface area contributed by atoms with E-state index < -0.39 is 5.76 Å². The van der Waals surface area contributed by atoms with E-state index in [1.54, 1.807) is 0 Å². The largest absolute Gasteiger partial charge is 0.434 e. The maximum atomic E-state index is 11.2. The van der Waals surface area contributed by atoms with Crippen LogP contribution >= 0.6 is 11.6 Å². The van der Waals surface area contributed by atoms with Gasteiger partial charge in [0.15, 0.2) is 0 Å². The van der Waals surface area contributed by atoms with Crippen molar-refractivity contribution in [3.8, 4) is 0 Å². The number of aromatic nitrogens is 4. The number of aryl methyl sites for hydroxylation is 1. The number of piperidine rings is 1. The molecular weight excluding hydrogens is 330 g/mol. The third-order valence-corrected chi connectivity index (χ3v) is 4.85. The number of rotatable bonds is 3. The minimum absolute atomic E-state index is 0.141. The molecule has 1 fully saturated rings. The van der Waals surface area contributed by atoms with Gasteiger partial charge in [-0.3, -0.25) is 4.90 Å². The molecule has 1 aliphatic heterocycles. The fourth-order valence-electron chi connectivity index (χ4n) is 3.38. The summed E-state index contributed by atoms with van der Waals surface area (Å²) in [6.45, 7) is 2.54. The van der Waals surface area contributed by atoms with Gasteiger partial charge in [0.25, 0.3) is 0 Å². The minimum atomic E-state index is -0.491. The summed E-state index contributed by atoms with van der Waals surface area (Å²) in [6.07, 6.45) is 2.01. The molecule has 126 valence electrons. The van der Waals surface area contributed by atoms with Gasteiger partial charge in [-0.2, -0.15) is 0 Å². The molecule has 8 heteroatoms. The Balaban J connectivity index is 1.54. The lowest BCUT2D eigenvalue weighted by molar-refractivity contribution is 0.180. The van der Waals surface area contributed by atoms with Crippen LogP contribution in [0.3, 0.4) is 0 Å². The van der Waals surface area contributed by atoms with E-state index >= 15 is 0 Å². The van der Waals surface area contributed by atoms with E-state index in [4.69, 9.17) is 21.0 Å². The first kappa shape index (κ1) is 15.4. The topological polar surface area (TPSA) is 80.0 Å². The molecule has 3 heterocycles. The highest BCUT2D eigenvalue weighted by Crippen LogP contribution is 2.26. The number of benzene rings is 1. The summed E-state index contributed by atoms with van der Waals surface area (Å²) < 4.78 is 7.22. The van der Waals surface area contributed by atoms with Crippen LogP contribution in [0.25, 0.3) is 11.0 Å². The van der Waals surface area contributed by atoms with Crippen molar-refractivity contribution in [1.82, 2.24) is 24.6 Å². The molecule has 0 spiro atoms. The Bertz CT molecular complexity index is 928. The molecule has 24 heavy (non-hydrogen) atoms. The van der Waals surface area contributed by atoms with Crippen LogP contribution in [0.1, 0.15) is 30.5 Å². The van der Waals surface area contributed by atoms with E-state index in [0.717, 1.165) is 49.3 Å². The lowest BCUT2D eigenvalue weighted by atomic mass is 9.98. The highest BCUT2D eigenvalue weighted by atomic mass is 35.5. The van der Waals surface area contributed by atoms with Crippen LogP contribution in [0.4, 0.5) is 0 Å². The third-order valence-electron chi connectivity index (χ3n) is 4.61. The SMILES string of the molecule is Cn1c(CN2CCCC(c3n[nH]c(=O)o3)C2)nc2cc(Cl)ccc21. The molecule has 1 saturated heterocycles. The number of nitrogens with one attached hydrogen (secondary N) is 1. The number of likely N-dealkylation sites (tertiary alicyclic amines) is 1. The number of imidazole rings is 1. The zero-order valence-corrected chi connectivity index (χ0v) is 14.1. The van der Waals surface area contributed by atoms with Gasteiger partial charge in [0.1, 0.15) is 5.82 Å². The summed E-state index contributed by atoms with van der Waals surface area (Å²) >= 11 is 6.06. The Hall–Kier alpha value is -2.12. The summed E-state index contributed by atoms with van der Waals surface area (Å²) in [7, 11) is 2.02. The van der Waals surface area contributed by atoms with Gasteiger partial charge in [-0.1, -0.05) is 11.6 Å². The summed E-state index contributed by atoms with van der Waals surface area (Å²) in [6, 6.07) is 5.76. The van der Waals surface area contributed by atoms with Gasteiger partial charge in [-0.15, -0.1) is 5.10 Å². The van der Waals surface area contributed by atoms with Gasteiger partial charge in [-0.05, 0) is 37.6 Å². The summed E-state index contributed by atoms with van der Waals surface area (Å²) in [5.74, 6) is 1.15. The number of hydrogen-bond donors (Lipinski definition) is 1. The minimum Gasteiger partial charge on any atom is -0.392 e. The summed E-state index contributed by atoms with van der Waals surface area (Å²) in [5.41, 5.74) is 1.98. The number of halogens is 1. The van der Waals surface area contributed by atoms with Crippen LogP contribution in [0.5, 0.6) is 0 Å². The molecule has 0 aliphatic carbocycles. The summed E-state index contributed by atoms with van der Waals surface area (Å²) in [4.78, 5) is 18.2. The average Bonchev–Trinajstić information content (AvgIpc) is 3.12. The molecule has 1 aliphatic rings. The van der Waals surface area contributed by atoms with Crippen molar-refractivity contribution < 1.29 is 4.42 Å². The molecule has 2 aromatic heterocycles. The first-order valence-corrected chi connectivity index (χ1v) is 8.36. The molecule has 0 radical (unpaired) electrons. The molecule has 0 bridgehead atoms. The fourth-order valence-corrected chi connectivity index (χ4v) is 3.55. The molecule has 1 unspecified atom stereocenters. The molecule has 7 nitrogen and oxygen atoms in total. The van der Waals surface area contributed by atoms with Gasteiger partial charge >= 0.3 is 5.76 Å². The highest BCUT2D eigenvalue weighted by Gasteiger charge is 2.26. The van der Waals surface area contributed by atoms with E-state index in [1.165, 1.54) is 0 Å². The van der Waals surface area contributed by atoms with Crippen LogP contribution in [0.15, 0.2) is 27.4 Å². The number of H-pyrrole nitrogens is 1. The van der Waals surface area contributed by atoms with E-state index in [2.05, 4.69) is 19.7 Å². The van der Waals surface area contributed by atoms with E-state index in [9.17, 15) is 4.79 Å². The lowest BCUT2D eigenvalue weighted by Crippen LogP contribution is -2.34. The second-order valence-electron chi connectivity index (χ2n) is 6.25. The second kappa shape index (κ2) is 6.07. The monoisotopic (exact) mass is 347 g/mol. The Labute approximate surface area is 143 Å². The van der Waals surface area contributed by atoms with Crippen molar-refractivity contribution in [3.63, 3.8) is 0 Å². The van der Waals surface area contributed by atoms with Crippen LogP contribution in [-0.2, 0) is 13.6 Å². The van der Waals surface area contributed by atoms with Gasteiger partial charge in [0.05, 0.1) is 23.5 Å². The smallest absolute Gasteiger partial charge is 0.392 e.